The number of rotatable bonds is 7. The van der Waals surface area contributed by atoms with E-state index in [4.69, 9.17) is 23.2 Å². The first-order valence-electron chi connectivity index (χ1n) is 6.94. The highest BCUT2D eigenvalue weighted by Crippen LogP contribution is 2.25. The van der Waals surface area contributed by atoms with Gasteiger partial charge in [-0.3, -0.25) is 9.59 Å². The largest absolute Gasteiger partial charge is 0.341 e. The van der Waals surface area contributed by atoms with Crippen LogP contribution < -0.4 is 5.32 Å². The summed E-state index contributed by atoms with van der Waals surface area (Å²) in [5, 5.41) is 3.56. The van der Waals surface area contributed by atoms with E-state index in [9.17, 15) is 9.59 Å². The van der Waals surface area contributed by atoms with Crippen molar-refractivity contribution in [2.75, 3.05) is 39.0 Å². The number of hydrogen-bond acceptors (Lipinski definition) is 3. The van der Waals surface area contributed by atoms with Crippen molar-refractivity contribution in [2.24, 2.45) is 0 Å². The van der Waals surface area contributed by atoms with Crippen LogP contribution >= 0.6 is 23.2 Å². The van der Waals surface area contributed by atoms with Gasteiger partial charge in [-0.15, -0.1) is 0 Å². The van der Waals surface area contributed by atoms with Crippen molar-refractivity contribution in [2.45, 2.75) is 13.3 Å². The Labute approximate surface area is 141 Å². The van der Waals surface area contributed by atoms with Gasteiger partial charge in [0.2, 0.25) is 11.8 Å². The number of halogens is 2. The molecule has 0 atom stereocenters. The molecular weight excluding hydrogens is 325 g/mol. The van der Waals surface area contributed by atoms with E-state index in [1.165, 1.54) is 6.92 Å². The highest BCUT2D eigenvalue weighted by molar-refractivity contribution is 6.42. The lowest BCUT2D eigenvalue weighted by molar-refractivity contribution is -0.129. The lowest BCUT2D eigenvalue weighted by Crippen LogP contribution is -2.37. The Morgan fingerprint density at radius 3 is 2.32 bits per heavy atom. The predicted octanol–water partition coefficient (Wildman–Crippen LogP) is 2.73. The van der Waals surface area contributed by atoms with Crippen molar-refractivity contribution in [3.8, 4) is 0 Å². The summed E-state index contributed by atoms with van der Waals surface area (Å²) in [5.41, 5.74) is 0.585. The number of carbonyl (C=O) groups excluding carboxylic acids is 2. The average Bonchev–Trinajstić information content (AvgIpc) is 2.42. The maximum absolute atomic E-state index is 11.9. The van der Waals surface area contributed by atoms with Crippen LogP contribution in [0.15, 0.2) is 18.2 Å². The van der Waals surface area contributed by atoms with Gasteiger partial charge < -0.3 is 15.1 Å². The molecular formula is C15H21Cl2N3O2. The first kappa shape index (κ1) is 18.7. The highest BCUT2D eigenvalue weighted by atomic mass is 35.5. The van der Waals surface area contributed by atoms with Crippen molar-refractivity contribution in [1.82, 2.24) is 9.80 Å². The van der Waals surface area contributed by atoms with Crippen LogP contribution in [0.1, 0.15) is 13.3 Å². The zero-order chi connectivity index (χ0) is 16.7. The summed E-state index contributed by atoms with van der Waals surface area (Å²) in [5.74, 6) is -0.210. The number of hydrogen-bond donors (Lipinski definition) is 1. The van der Waals surface area contributed by atoms with Crippen LogP contribution in [0, 0.1) is 0 Å². The maximum atomic E-state index is 11.9. The zero-order valence-corrected chi connectivity index (χ0v) is 14.5. The van der Waals surface area contributed by atoms with Crippen molar-refractivity contribution >= 4 is 40.7 Å². The third-order valence-corrected chi connectivity index (χ3v) is 3.81. The van der Waals surface area contributed by atoms with Crippen molar-refractivity contribution < 1.29 is 9.59 Å². The molecule has 1 aromatic rings. The molecule has 122 valence electrons. The number of benzene rings is 1. The summed E-state index contributed by atoms with van der Waals surface area (Å²) in [6.45, 7) is 3.25. The lowest BCUT2D eigenvalue weighted by atomic mass is 10.3. The van der Waals surface area contributed by atoms with E-state index < -0.39 is 0 Å². The van der Waals surface area contributed by atoms with Gasteiger partial charge in [-0.1, -0.05) is 23.2 Å². The highest BCUT2D eigenvalue weighted by Gasteiger charge is 2.12. The standard InChI is InChI=1S/C15H21Cl2N3O2/c1-11(21)20(9-8-19(2)3)7-6-15(22)18-12-4-5-13(16)14(17)10-12/h4-5,10H,6-9H2,1-3H3,(H,18,22). The second-order valence-corrected chi connectivity index (χ2v) is 6.05. The van der Waals surface area contributed by atoms with Crippen LogP contribution in [0.2, 0.25) is 10.0 Å². The van der Waals surface area contributed by atoms with Gasteiger partial charge in [0.1, 0.15) is 0 Å². The van der Waals surface area contributed by atoms with E-state index in [-0.39, 0.29) is 18.2 Å². The average molecular weight is 346 g/mol. The molecule has 5 nitrogen and oxygen atoms in total. The van der Waals surface area contributed by atoms with Gasteiger partial charge in [0.05, 0.1) is 10.0 Å². The minimum atomic E-state index is -0.172. The van der Waals surface area contributed by atoms with Crippen LogP contribution in [0.25, 0.3) is 0 Å². The van der Waals surface area contributed by atoms with Crippen LogP contribution in [0.4, 0.5) is 5.69 Å². The molecule has 0 spiro atoms. The molecule has 22 heavy (non-hydrogen) atoms. The molecule has 1 N–H and O–H groups in total. The molecule has 0 saturated carbocycles. The number of anilines is 1. The molecule has 0 radical (unpaired) electrons. The van der Waals surface area contributed by atoms with Crippen LogP contribution in [0.3, 0.4) is 0 Å². The Morgan fingerprint density at radius 1 is 1.09 bits per heavy atom. The molecule has 0 aromatic heterocycles. The zero-order valence-electron chi connectivity index (χ0n) is 13.0. The molecule has 1 aromatic carbocycles. The van der Waals surface area contributed by atoms with Crippen LogP contribution in [0.5, 0.6) is 0 Å². The monoisotopic (exact) mass is 345 g/mol. The van der Waals surface area contributed by atoms with Crippen LogP contribution in [-0.4, -0.2) is 55.3 Å². The molecule has 0 fully saturated rings. The summed E-state index contributed by atoms with van der Waals surface area (Å²) in [6, 6.07) is 4.90. The third kappa shape index (κ3) is 6.64. The van der Waals surface area contributed by atoms with E-state index in [1.54, 1.807) is 23.1 Å². The summed E-state index contributed by atoms with van der Waals surface area (Å²) in [7, 11) is 3.88. The Balaban J connectivity index is 2.49. The molecule has 1 rings (SSSR count). The molecule has 0 bridgehead atoms. The van der Waals surface area contributed by atoms with E-state index in [0.717, 1.165) is 6.54 Å². The van der Waals surface area contributed by atoms with Crippen molar-refractivity contribution in [3.05, 3.63) is 28.2 Å². The topological polar surface area (TPSA) is 52.7 Å². The molecule has 0 aliphatic heterocycles. The fourth-order valence-electron chi connectivity index (χ4n) is 1.78. The molecule has 2 amide bonds. The molecule has 7 heteroatoms. The SMILES string of the molecule is CC(=O)N(CCC(=O)Nc1ccc(Cl)c(Cl)c1)CCN(C)C. The van der Waals surface area contributed by atoms with E-state index in [0.29, 0.717) is 28.8 Å². The van der Waals surface area contributed by atoms with Gasteiger partial charge in [-0.05, 0) is 32.3 Å². The molecule has 0 aliphatic rings. The lowest BCUT2D eigenvalue weighted by Gasteiger charge is -2.22. The van der Waals surface area contributed by atoms with Crippen molar-refractivity contribution in [1.29, 1.82) is 0 Å². The summed E-state index contributed by atoms with van der Waals surface area (Å²) >= 11 is 11.7. The summed E-state index contributed by atoms with van der Waals surface area (Å²) < 4.78 is 0. The molecule has 0 saturated heterocycles. The molecule has 0 heterocycles. The Kier molecular flexibility index (Phi) is 7.65. The van der Waals surface area contributed by atoms with Gasteiger partial charge in [-0.25, -0.2) is 0 Å². The second kappa shape index (κ2) is 8.98. The first-order chi connectivity index (χ1) is 10.3. The number of nitrogens with one attached hydrogen (secondary N) is 1. The molecule has 0 unspecified atom stereocenters. The van der Waals surface area contributed by atoms with Crippen molar-refractivity contribution in [3.63, 3.8) is 0 Å². The minimum absolute atomic E-state index is 0.0378. The fourth-order valence-corrected chi connectivity index (χ4v) is 2.08. The van der Waals surface area contributed by atoms with Gasteiger partial charge in [0.25, 0.3) is 0 Å². The smallest absolute Gasteiger partial charge is 0.226 e. The van der Waals surface area contributed by atoms with Gasteiger partial charge >= 0.3 is 0 Å². The Hall–Kier alpha value is -1.30. The number of amides is 2. The van der Waals surface area contributed by atoms with Gasteiger partial charge in [0, 0.05) is 38.7 Å². The minimum Gasteiger partial charge on any atom is -0.341 e. The van der Waals surface area contributed by atoms with E-state index in [2.05, 4.69) is 5.32 Å². The normalized spacial score (nSPS) is 10.6. The fraction of sp³-hybridized carbons (Fsp3) is 0.467. The maximum Gasteiger partial charge on any atom is 0.226 e. The van der Waals surface area contributed by atoms with E-state index >= 15 is 0 Å². The Bertz CT molecular complexity index is 536. The van der Waals surface area contributed by atoms with Gasteiger partial charge in [0.15, 0.2) is 0 Å². The van der Waals surface area contributed by atoms with E-state index in [1.807, 2.05) is 19.0 Å². The quantitative estimate of drug-likeness (QED) is 0.826. The number of nitrogens with zero attached hydrogens (tertiary/aromatic N) is 2. The summed E-state index contributed by atoms with van der Waals surface area (Å²) in [4.78, 5) is 27.1. The number of likely N-dealkylation sites (N-methyl/N-ethyl adjacent to an activating group) is 1. The first-order valence-corrected chi connectivity index (χ1v) is 7.70. The third-order valence-electron chi connectivity index (χ3n) is 3.07. The molecule has 0 aliphatic carbocycles. The Morgan fingerprint density at radius 2 is 1.77 bits per heavy atom. The van der Waals surface area contributed by atoms with Gasteiger partial charge in [-0.2, -0.15) is 0 Å². The second-order valence-electron chi connectivity index (χ2n) is 5.24. The predicted molar refractivity (Wildman–Crippen MR) is 90.5 cm³/mol. The number of carbonyl (C=O) groups is 2. The summed E-state index contributed by atoms with van der Waals surface area (Å²) in [6.07, 6.45) is 0.229. The van der Waals surface area contributed by atoms with Crippen LogP contribution in [-0.2, 0) is 9.59 Å².